The zero-order chi connectivity index (χ0) is 17.2. The quantitative estimate of drug-likeness (QED) is 0.795. The maximum absolute atomic E-state index is 9.25. The van der Waals surface area contributed by atoms with Crippen LogP contribution in [-0.2, 0) is 11.2 Å². The molecule has 0 aliphatic heterocycles. The van der Waals surface area contributed by atoms with Gasteiger partial charge in [0, 0.05) is 12.0 Å². The minimum Gasteiger partial charge on any atom is -0.474 e. The van der Waals surface area contributed by atoms with Gasteiger partial charge in [0.25, 0.3) is 0 Å². The Hall–Kier alpha value is -1.71. The Kier molecular flexibility index (Phi) is 4.87. The van der Waals surface area contributed by atoms with Gasteiger partial charge in [0.05, 0.1) is 11.5 Å². The normalized spacial score (nSPS) is 21.8. The molecular formula is C19H23N3O2S. The third kappa shape index (κ3) is 3.23. The van der Waals surface area contributed by atoms with Crippen molar-refractivity contribution in [2.45, 2.75) is 69.5 Å². The van der Waals surface area contributed by atoms with Crippen LogP contribution in [0.15, 0.2) is 6.33 Å². The van der Waals surface area contributed by atoms with E-state index in [1.807, 2.05) is 0 Å². The van der Waals surface area contributed by atoms with E-state index in [4.69, 9.17) is 9.47 Å². The largest absolute Gasteiger partial charge is 0.474 e. The lowest BCUT2D eigenvalue weighted by Crippen LogP contribution is -2.20. The van der Waals surface area contributed by atoms with Crippen molar-refractivity contribution in [1.29, 1.82) is 5.26 Å². The summed E-state index contributed by atoms with van der Waals surface area (Å²) >= 11 is 1.75. The van der Waals surface area contributed by atoms with Crippen LogP contribution in [0.2, 0.25) is 0 Å². The highest BCUT2D eigenvalue weighted by Crippen LogP contribution is 2.47. The minimum atomic E-state index is -0.363. The molecule has 2 aromatic rings. The van der Waals surface area contributed by atoms with Crippen LogP contribution in [0.5, 0.6) is 5.88 Å². The number of ether oxygens (including phenoxy) is 2. The molecule has 0 saturated heterocycles. The fourth-order valence-corrected chi connectivity index (χ4v) is 5.40. The molecule has 2 heterocycles. The van der Waals surface area contributed by atoms with Crippen LogP contribution >= 0.6 is 11.3 Å². The molecule has 2 atom stereocenters. The van der Waals surface area contributed by atoms with Gasteiger partial charge in [0.2, 0.25) is 5.88 Å². The van der Waals surface area contributed by atoms with Gasteiger partial charge in [-0.25, -0.2) is 9.97 Å². The maximum atomic E-state index is 9.25. The molecule has 0 bridgehead atoms. The van der Waals surface area contributed by atoms with Crippen molar-refractivity contribution in [3.63, 3.8) is 0 Å². The fraction of sp³-hybridized carbons (Fsp3) is 0.632. The first-order chi connectivity index (χ1) is 12.3. The molecule has 4 rings (SSSR count). The van der Waals surface area contributed by atoms with Crippen molar-refractivity contribution in [3.05, 3.63) is 16.8 Å². The van der Waals surface area contributed by atoms with Crippen molar-refractivity contribution in [1.82, 2.24) is 9.97 Å². The average Bonchev–Trinajstić information content (AvgIpc) is 3.20. The number of nitriles is 1. The summed E-state index contributed by atoms with van der Waals surface area (Å²) in [6, 6.07) is 2.25. The van der Waals surface area contributed by atoms with Gasteiger partial charge in [0.1, 0.15) is 23.4 Å². The number of methoxy groups -OCH3 is 1. The summed E-state index contributed by atoms with van der Waals surface area (Å²) in [6.07, 6.45) is 10.4. The van der Waals surface area contributed by atoms with E-state index < -0.39 is 0 Å². The van der Waals surface area contributed by atoms with Crippen LogP contribution in [0, 0.1) is 11.3 Å². The average molecular weight is 357 g/mol. The molecule has 0 aromatic carbocycles. The van der Waals surface area contributed by atoms with Gasteiger partial charge in [-0.1, -0.05) is 6.42 Å². The van der Waals surface area contributed by atoms with Crippen LogP contribution in [-0.4, -0.2) is 29.3 Å². The predicted molar refractivity (Wildman–Crippen MR) is 97.0 cm³/mol. The highest BCUT2D eigenvalue weighted by Gasteiger charge is 2.32. The molecule has 2 aliphatic carbocycles. The molecule has 0 amide bonds. The van der Waals surface area contributed by atoms with Crippen LogP contribution in [0.4, 0.5) is 0 Å². The first-order valence-electron chi connectivity index (χ1n) is 9.15. The zero-order valence-electron chi connectivity index (χ0n) is 14.5. The number of hydrogen-bond acceptors (Lipinski definition) is 6. The Bertz CT molecular complexity index is 792. The number of nitrogens with zero attached hydrogens (tertiary/aromatic N) is 3. The van der Waals surface area contributed by atoms with Gasteiger partial charge in [0.15, 0.2) is 0 Å². The van der Waals surface area contributed by atoms with Crippen molar-refractivity contribution in [3.8, 4) is 11.9 Å². The Morgan fingerprint density at radius 3 is 2.88 bits per heavy atom. The SMILES string of the molecule is CO[C@@H](C#N)C[C@H]1CCc2sc3ncnc(OC4CCCCC4)c3c21. The lowest BCUT2D eigenvalue weighted by molar-refractivity contribution is 0.132. The maximum Gasteiger partial charge on any atom is 0.225 e. The third-order valence-electron chi connectivity index (χ3n) is 5.45. The summed E-state index contributed by atoms with van der Waals surface area (Å²) < 4.78 is 11.6. The molecular weight excluding hydrogens is 334 g/mol. The van der Waals surface area contributed by atoms with Crippen LogP contribution < -0.4 is 4.74 Å². The van der Waals surface area contributed by atoms with Gasteiger partial charge in [-0.2, -0.15) is 5.26 Å². The lowest BCUT2D eigenvalue weighted by Gasteiger charge is -2.23. The van der Waals surface area contributed by atoms with Crippen molar-refractivity contribution >= 4 is 21.6 Å². The van der Waals surface area contributed by atoms with E-state index in [0.29, 0.717) is 5.92 Å². The second-order valence-electron chi connectivity index (χ2n) is 7.00. The van der Waals surface area contributed by atoms with E-state index in [0.717, 1.165) is 48.2 Å². The molecule has 5 nitrogen and oxygen atoms in total. The summed E-state index contributed by atoms with van der Waals surface area (Å²) in [5.74, 6) is 1.07. The predicted octanol–water partition coefficient (Wildman–Crippen LogP) is 4.36. The smallest absolute Gasteiger partial charge is 0.225 e. The molecule has 2 aliphatic rings. The zero-order valence-corrected chi connectivity index (χ0v) is 15.3. The molecule has 1 fully saturated rings. The third-order valence-corrected chi connectivity index (χ3v) is 6.63. The number of aromatic nitrogens is 2. The fourth-order valence-electron chi connectivity index (χ4n) is 4.17. The van der Waals surface area contributed by atoms with E-state index in [-0.39, 0.29) is 12.2 Å². The Labute approximate surface area is 152 Å². The van der Waals surface area contributed by atoms with E-state index in [1.165, 1.54) is 29.7 Å². The standard InChI is InChI=1S/C19H23N3O2S/c1-23-14(10-20)9-12-7-8-15-16(12)17-18(21-11-22-19(17)25-15)24-13-5-3-2-4-6-13/h11-14H,2-9H2,1H3/t12-,14-/m1/s1. The van der Waals surface area contributed by atoms with E-state index in [2.05, 4.69) is 16.0 Å². The topological polar surface area (TPSA) is 68.0 Å². The molecule has 132 valence electrons. The van der Waals surface area contributed by atoms with E-state index in [1.54, 1.807) is 24.8 Å². The Morgan fingerprint density at radius 1 is 1.28 bits per heavy atom. The number of fused-ring (bicyclic) bond motifs is 3. The summed E-state index contributed by atoms with van der Waals surface area (Å²) in [5.41, 5.74) is 1.31. The molecule has 25 heavy (non-hydrogen) atoms. The van der Waals surface area contributed by atoms with Crippen molar-refractivity contribution in [2.75, 3.05) is 7.11 Å². The van der Waals surface area contributed by atoms with E-state index in [9.17, 15) is 5.26 Å². The van der Waals surface area contributed by atoms with Gasteiger partial charge < -0.3 is 9.47 Å². The Balaban J connectivity index is 1.68. The van der Waals surface area contributed by atoms with Crippen LogP contribution in [0.25, 0.3) is 10.2 Å². The molecule has 0 unspecified atom stereocenters. The van der Waals surface area contributed by atoms with Crippen LogP contribution in [0.1, 0.15) is 61.3 Å². The summed E-state index contributed by atoms with van der Waals surface area (Å²) in [7, 11) is 1.61. The van der Waals surface area contributed by atoms with Gasteiger partial charge in [-0.3, -0.25) is 0 Å². The summed E-state index contributed by atoms with van der Waals surface area (Å²) in [6.45, 7) is 0. The monoisotopic (exact) mass is 357 g/mol. The summed E-state index contributed by atoms with van der Waals surface area (Å²) in [4.78, 5) is 11.4. The molecule has 6 heteroatoms. The van der Waals surface area contributed by atoms with Crippen LogP contribution in [0.3, 0.4) is 0 Å². The van der Waals surface area contributed by atoms with Gasteiger partial charge in [-0.05, 0) is 56.4 Å². The van der Waals surface area contributed by atoms with Gasteiger partial charge >= 0.3 is 0 Å². The molecule has 0 N–H and O–H groups in total. The molecule has 1 saturated carbocycles. The second-order valence-corrected chi connectivity index (χ2v) is 8.08. The first kappa shape index (κ1) is 16.7. The Morgan fingerprint density at radius 2 is 2.12 bits per heavy atom. The van der Waals surface area contributed by atoms with Crippen molar-refractivity contribution < 1.29 is 9.47 Å². The number of rotatable bonds is 5. The lowest BCUT2D eigenvalue weighted by atomic mass is 9.94. The molecule has 0 spiro atoms. The van der Waals surface area contributed by atoms with Crippen molar-refractivity contribution in [2.24, 2.45) is 0 Å². The molecule has 0 radical (unpaired) electrons. The molecule has 2 aromatic heterocycles. The minimum absolute atomic E-state index is 0.271. The summed E-state index contributed by atoms with van der Waals surface area (Å²) in [5, 5.41) is 10.3. The number of hydrogen-bond donors (Lipinski definition) is 0. The van der Waals surface area contributed by atoms with Gasteiger partial charge in [-0.15, -0.1) is 11.3 Å². The first-order valence-corrected chi connectivity index (χ1v) is 9.97. The highest BCUT2D eigenvalue weighted by atomic mass is 32.1. The highest BCUT2D eigenvalue weighted by molar-refractivity contribution is 7.19. The number of thiophene rings is 1. The number of aryl methyl sites for hydroxylation is 1. The second kappa shape index (κ2) is 7.27. The van der Waals surface area contributed by atoms with E-state index >= 15 is 0 Å².